The van der Waals surface area contributed by atoms with Crippen molar-refractivity contribution in [3.8, 4) is 0 Å². The third kappa shape index (κ3) is 2.20. The number of benzene rings is 1. The number of nitrogen functional groups attached to an aromatic ring is 1. The maximum absolute atomic E-state index is 12.1. The highest BCUT2D eigenvalue weighted by molar-refractivity contribution is 7.89. The first-order valence-corrected chi connectivity index (χ1v) is 6.71. The fourth-order valence-electron chi connectivity index (χ4n) is 1.64. The Kier molecular flexibility index (Phi) is 2.47. The quantitative estimate of drug-likeness (QED) is 0.785. The minimum atomic E-state index is -3.41. The van der Waals surface area contributed by atoms with E-state index in [1.807, 2.05) is 6.92 Å². The van der Waals surface area contributed by atoms with Gasteiger partial charge in [0.05, 0.1) is 4.90 Å². The average Bonchev–Trinajstić information content (AvgIpc) is 2.80. The molecule has 0 aliphatic heterocycles. The number of anilines is 1. The van der Waals surface area contributed by atoms with Crippen molar-refractivity contribution in [1.29, 1.82) is 0 Å². The largest absolute Gasteiger partial charge is 0.399 e. The van der Waals surface area contributed by atoms with Crippen molar-refractivity contribution in [2.24, 2.45) is 0 Å². The van der Waals surface area contributed by atoms with Gasteiger partial charge in [-0.25, -0.2) is 13.1 Å². The molecule has 0 unspecified atom stereocenters. The zero-order valence-electron chi connectivity index (χ0n) is 9.45. The second-order valence-electron chi connectivity index (χ2n) is 4.69. The summed E-state index contributed by atoms with van der Waals surface area (Å²) in [5, 5.41) is 0. The maximum atomic E-state index is 12.1. The Bertz CT molecular complexity index is 519. The van der Waals surface area contributed by atoms with Gasteiger partial charge < -0.3 is 5.73 Å². The molecule has 1 aliphatic carbocycles. The summed E-state index contributed by atoms with van der Waals surface area (Å²) in [5.41, 5.74) is 6.61. The third-order valence-electron chi connectivity index (χ3n) is 2.87. The van der Waals surface area contributed by atoms with Gasteiger partial charge in [0.25, 0.3) is 0 Å². The Balaban J connectivity index is 2.35. The molecule has 5 heteroatoms. The average molecular weight is 240 g/mol. The Hall–Kier alpha value is -1.07. The number of sulfonamides is 1. The van der Waals surface area contributed by atoms with Crippen LogP contribution in [0.5, 0.6) is 0 Å². The van der Waals surface area contributed by atoms with E-state index in [0.29, 0.717) is 16.1 Å². The molecule has 1 aliphatic rings. The summed E-state index contributed by atoms with van der Waals surface area (Å²) in [4.78, 5) is 0.315. The van der Waals surface area contributed by atoms with Crippen molar-refractivity contribution in [3.05, 3.63) is 23.8 Å². The zero-order valence-corrected chi connectivity index (χ0v) is 10.3. The molecule has 4 nitrogen and oxygen atoms in total. The minimum absolute atomic E-state index is 0.243. The summed E-state index contributed by atoms with van der Waals surface area (Å²) in [5.74, 6) is 0. The van der Waals surface area contributed by atoms with Crippen LogP contribution >= 0.6 is 0 Å². The van der Waals surface area contributed by atoms with Crippen LogP contribution in [0.25, 0.3) is 0 Å². The Morgan fingerprint density at radius 3 is 2.50 bits per heavy atom. The highest BCUT2D eigenvalue weighted by Crippen LogP contribution is 2.36. The molecule has 0 amide bonds. The summed E-state index contributed by atoms with van der Waals surface area (Å²) >= 11 is 0. The lowest BCUT2D eigenvalue weighted by Crippen LogP contribution is -2.34. The van der Waals surface area contributed by atoms with Crippen LogP contribution in [0.2, 0.25) is 0 Å². The highest BCUT2D eigenvalue weighted by atomic mass is 32.2. The fraction of sp³-hybridized carbons (Fsp3) is 0.455. The molecule has 0 saturated heterocycles. The third-order valence-corrected chi connectivity index (χ3v) is 4.67. The molecule has 0 heterocycles. The SMILES string of the molecule is Cc1cc(N)ccc1S(=O)(=O)NC1(C)CC1. The molecule has 0 radical (unpaired) electrons. The monoisotopic (exact) mass is 240 g/mol. The predicted octanol–water partition coefficient (Wildman–Crippen LogP) is 1.41. The van der Waals surface area contributed by atoms with E-state index in [1.165, 1.54) is 0 Å². The van der Waals surface area contributed by atoms with Crippen molar-refractivity contribution >= 4 is 15.7 Å². The number of hydrogen-bond donors (Lipinski definition) is 2. The fourth-order valence-corrected chi connectivity index (χ4v) is 3.34. The van der Waals surface area contributed by atoms with E-state index in [0.717, 1.165) is 12.8 Å². The lowest BCUT2D eigenvalue weighted by atomic mass is 10.2. The summed E-state index contributed by atoms with van der Waals surface area (Å²) < 4.78 is 26.9. The van der Waals surface area contributed by atoms with Gasteiger partial charge in [0.2, 0.25) is 10.0 Å². The summed E-state index contributed by atoms with van der Waals surface area (Å²) in [7, 11) is -3.41. The first-order chi connectivity index (χ1) is 7.32. The molecule has 88 valence electrons. The van der Waals surface area contributed by atoms with Crippen molar-refractivity contribution < 1.29 is 8.42 Å². The maximum Gasteiger partial charge on any atom is 0.241 e. The topological polar surface area (TPSA) is 72.2 Å². The van der Waals surface area contributed by atoms with Crippen LogP contribution in [0.15, 0.2) is 23.1 Å². The standard InChI is InChI=1S/C11H16N2O2S/c1-8-7-9(12)3-4-10(8)16(14,15)13-11(2)5-6-11/h3-4,7,13H,5-6,12H2,1-2H3. The first-order valence-electron chi connectivity index (χ1n) is 5.23. The van der Waals surface area contributed by atoms with Crippen LogP contribution in [0, 0.1) is 6.92 Å². The van der Waals surface area contributed by atoms with Gasteiger partial charge in [0, 0.05) is 11.2 Å². The smallest absolute Gasteiger partial charge is 0.241 e. The van der Waals surface area contributed by atoms with Crippen LogP contribution in [0.4, 0.5) is 5.69 Å². The normalized spacial score (nSPS) is 18.4. The van der Waals surface area contributed by atoms with Gasteiger partial charge in [0.1, 0.15) is 0 Å². The number of rotatable bonds is 3. The second-order valence-corrected chi connectivity index (χ2v) is 6.34. The molecule has 2 rings (SSSR count). The van der Waals surface area contributed by atoms with Gasteiger partial charge in [-0.3, -0.25) is 0 Å². The van der Waals surface area contributed by atoms with Gasteiger partial charge in [-0.15, -0.1) is 0 Å². The minimum Gasteiger partial charge on any atom is -0.399 e. The van der Waals surface area contributed by atoms with Crippen LogP contribution in [-0.4, -0.2) is 14.0 Å². The Labute approximate surface area is 95.9 Å². The van der Waals surface area contributed by atoms with Gasteiger partial charge in [-0.1, -0.05) is 0 Å². The van der Waals surface area contributed by atoms with E-state index in [9.17, 15) is 8.42 Å². The van der Waals surface area contributed by atoms with Crippen molar-refractivity contribution in [2.75, 3.05) is 5.73 Å². The molecule has 1 aromatic carbocycles. The number of nitrogens with one attached hydrogen (secondary N) is 1. The highest BCUT2D eigenvalue weighted by Gasteiger charge is 2.41. The summed E-state index contributed by atoms with van der Waals surface area (Å²) in [6, 6.07) is 4.83. The molecular weight excluding hydrogens is 224 g/mol. The van der Waals surface area contributed by atoms with Gasteiger partial charge >= 0.3 is 0 Å². The molecule has 0 aromatic heterocycles. The number of hydrogen-bond acceptors (Lipinski definition) is 3. The van der Waals surface area contributed by atoms with Crippen LogP contribution in [0.3, 0.4) is 0 Å². The zero-order chi connectivity index (χ0) is 12.0. The van der Waals surface area contributed by atoms with E-state index in [4.69, 9.17) is 5.73 Å². The predicted molar refractivity (Wildman–Crippen MR) is 63.6 cm³/mol. The lowest BCUT2D eigenvalue weighted by Gasteiger charge is -2.14. The van der Waals surface area contributed by atoms with Crippen LogP contribution in [-0.2, 0) is 10.0 Å². The molecule has 1 fully saturated rings. The molecular formula is C11H16N2O2S. The van der Waals surface area contributed by atoms with Gasteiger partial charge in [-0.2, -0.15) is 0 Å². The number of nitrogens with two attached hydrogens (primary N) is 1. The van der Waals surface area contributed by atoms with Crippen molar-refractivity contribution in [2.45, 2.75) is 37.1 Å². The van der Waals surface area contributed by atoms with E-state index in [2.05, 4.69) is 4.72 Å². The van der Waals surface area contributed by atoms with E-state index >= 15 is 0 Å². The Morgan fingerprint density at radius 2 is 2.00 bits per heavy atom. The molecule has 1 saturated carbocycles. The molecule has 1 aromatic rings. The van der Waals surface area contributed by atoms with E-state index < -0.39 is 10.0 Å². The lowest BCUT2D eigenvalue weighted by molar-refractivity contribution is 0.557. The molecule has 0 spiro atoms. The van der Waals surface area contributed by atoms with Crippen LogP contribution < -0.4 is 10.5 Å². The molecule has 16 heavy (non-hydrogen) atoms. The summed E-state index contributed by atoms with van der Waals surface area (Å²) in [6.45, 7) is 3.66. The first kappa shape index (κ1) is 11.4. The molecule has 0 atom stereocenters. The van der Waals surface area contributed by atoms with Crippen LogP contribution in [0.1, 0.15) is 25.3 Å². The van der Waals surface area contributed by atoms with Gasteiger partial charge in [0.15, 0.2) is 0 Å². The van der Waals surface area contributed by atoms with Crippen molar-refractivity contribution in [1.82, 2.24) is 4.72 Å². The number of aryl methyl sites for hydroxylation is 1. The molecule has 3 N–H and O–H groups in total. The molecule has 0 bridgehead atoms. The van der Waals surface area contributed by atoms with Gasteiger partial charge in [-0.05, 0) is 50.5 Å². The van der Waals surface area contributed by atoms with E-state index in [-0.39, 0.29) is 5.54 Å². The van der Waals surface area contributed by atoms with Crippen molar-refractivity contribution in [3.63, 3.8) is 0 Å². The summed E-state index contributed by atoms with van der Waals surface area (Å²) in [6.07, 6.45) is 1.81. The Morgan fingerprint density at radius 1 is 1.38 bits per heavy atom. The second kappa shape index (κ2) is 3.46. The van der Waals surface area contributed by atoms with E-state index in [1.54, 1.807) is 25.1 Å².